The second-order valence-corrected chi connectivity index (χ2v) is 4.44. The number of nitrogens with two attached hydrogens (primary N) is 1. The minimum absolute atomic E-state index is 0.240. The summed E-state index contributed by atoms with van der Waals surface area (Å²) in [5, 5.41) is 0. The molecule has 0 saturated heterocycles. The Morgan fingerprint density at radius 2 is 2.22 bits per heavy atom. The van der Waals surface area contributed by atoms with Gasteiger partial charge in [0.15, 0.2) is 0 Å². The first-order chi connectivity index (χ1) is 8.61. The van der Waals surface area contributed by atoms with Gasteiger partial charge in [0.1, 0.15) is 15.1 Å². The summed E-state index contributed by atoms with van der Waals surface area (Å²) in [6.45, 7) is 0. The Kier molecular flexibility index (Phi) is 3.70. The largest absolute Gasteiger partial charge is 0.495 e. The van der Waals surface area contributed by atoms with E-state index in [-0.39, 0.29) is 11.4 Å². The van der Waals surface area contributed by atoms with Gasteiger partial charge in [0.05, 0.1) is 19.1 Å². The molecule has 0 fully saturated rings. The van der Waals surface area contributed by atoms with Gasteiger partial charge in [-0.15, -0.1) is 0 Å². The van der Waals surface area contributed by atoms with Gasteiger partial charge >= 0.3 is 0 Å². The van der Waals surface area contributed by atoms with Gasteiger partial charge in [0.25, 0.3) is 5.56 Å². The van der Waals surface area contributed by atoms with Crippen LogP contribution in [-0.2, 0) is 0 Å². The van der Waals surface area contributed by atoms with Crippen LogP contribution >= 0.6 is 22.6 Å². The molecule has 0 spiro atoms. The number of nitrogens with one attached hydrogen (secondary N) is 1. The third kappa shape index (κ3) is 2.55. The van der Waals surface area contributed by atoms with E-state index >= 15 is 0 Å². The molecule has 1 heterocycles. The highest BCUT2D eigenvalue weighted by molar-refractivity contribution is 14.1. The number of H-pyrrole nitrogens is 1. The van der Waals surface area contributed by atoms with Gasteiger partial charge in [-0.1, -0.05) is 0 Å². The third-order valence-corrected chi connectivity index (χ3v) is 3.13. The number of hydrogen-bond acceptors (Lipinski definition) is 5. The van der Waals surface area contributed by atoms with Crippen molar-refractivity contribution in [2.45, 2.75) is 0 Å². The summed E-state index contributed by atoms with van der Waals surface area (Å²) in [5.74, 6) is 1.30. The molecular formula is C11H10IN3O3. The van der Waals surface area contributed by atoms with Crippen molar-refractivity contribution in [2.24, 2.45) is 0 Å². The Hall–Kier alpha value is -1.77. The van der Waals surface area contributed by atoms with Crippen molar-refractivity contribution in [2.75, 3.05) is 12.8 Å². The maximum Gasteiger partial charge on any atom is 0.268 e. The average Bonchev–Trinajstić information content (AvgIpc) is 2.35. The van der Waals surface area contributed by atoms with Crippen LogP contribution in [0.1, 0.15) is 0 Å². The highest BCUT2D eigenvalue weighted by Crippen LogP contribution is 2.29. The average molecular weight is 359 g/mol. The second-order valence-electron chi connectivity index (χ2n) is 3.36. The first-order valence-electron chi connectivity index (χ1n) is 4.96. The summed E-state index contributed by atoms with van der Waals surface area (Å²) in [4.78, 5) is 17.8. The lowest BCUT2D eigenvalue weighted by Gasteiger charge is -2.08. The Bertz CT molecular complexity index is 627. The minimum atomic E-state index is -0.248. The Labute approximate surface area is 116 Å². The predicted molar refractivity (Wildman–Crippen MR) is 75.1 cm³/mol. The van der Waals surface area contributed by atoms with Crippen LogP contribution in [0.15, 0.2) is 29.3 Å². The molecule has 2 aromatic rings. The fourth-order valence-electron chi connectivity index (χ4n) is 1.33. The van der Waals surface area contributed by atoms with Crippen LogP contribution in [0, 0.1) is 3.57 Å². The van der Waals surface area contributed by atoms with Crippen molar-refractivity contribution >= 4 is 28.3 Å². The minimum Gasteiger partial charge on any atom is -0.495 e. The number of benzene rings is 1. The van der Waals surface area contributed by atoms with Gasteiger partial charge in [0.2, 0.25) is 5.88 Å². The molecule has 0 unspecified atom stereocenters. The van der Waals surface area contributed by atoms with Gasteiger partial charge in [-0.25, -0.2) is 4.98 Å². The lowest BCUT2D eigenvalue weighted by Crippen LogP contribution is -2.11. The van der Waals surface area contributed by atoms with Gasteiger partial charge in [-0.3, -0.25) is 4.79 Å². The maximum absolute atomic E-state index is 11.4. The Morgan fingerprint density at radius 1 is 1.44 bits per heavy atom. The first-order valence-corrected chi connectivity index (χ1v) is 6.04. The summed E-state index contributed by atoms with van der Waals surface area (Å²) in [5.41, 5.74) is 5.96. The number of aromatic amines is 1. The van der Waals surface area contributed by atoms with Crippen LogP contribution < -0.4 is 20.8 Å². The fraction of sp³-hybridized carbons (Fsp3) is 0.0909. The molecule has 0 aliphatic heterocycles. The summed E-state index contributed by atoms with van der Waals surface area (Å²) >= 11 is 1.87. The SMILES string of the molecule is COc1ccc(Oc2nc[nH]c(=O)c2I)cc1N. The molecule has 0 saturated carbocycles. The highest BCUT2D eigenvalue weighted by Gasteiger charge is 2.09. The van der Waals surface area contributed by atoms with E-state index < -0.39 is 0 Å². The number of methoxy groups -OCH3 is 1. The van der Waals surface area contributed by atoms with Crippen molar-refractivity contribution in [3.05, 3.63) is 38.5 Å². The Morgan fingerprint density at radius 3 is 2.89 bits per heavy atom. The van der Waals surface area contributed by atoms with Crippen molar-refractivity contribution in [3.63, 3.8) is 0 Å². The van der Waals surface area contributed by atoms with E-state index in [2.05, 4.69) is 9.97 Å². The van der Waals surface area contributed by atoms with Crippen molar-refractivity contribution in [3.8, 4) is 17.4 Å². The molecule has 0 aliphatic carbocycles. The van der Waals surface area contributed by atoms with E-state index in [1.807, 2.05) is 22.6 Å². The van der Waals surface area contributed by atoms with Crippen LogP contribution in [0.2, 0.25) is 0 Å². The number of nitrogen functional groups attached to an aromatic ring is 1. The molecule has 3 N–H and O–H groups in total. The molecule has 18 heavy (non-hydrogen) atoms. The highest BCUT2D eigenvalue weighted by atomic mass is 127. The molecule has 7 heteroatoms. The molecule has 0 amide bonds. The molecule has 94 valence electrons. The lowest BCUT2D eigenvalue weighted by molar-refractivity contribution is 0.414. The van der Waals surface area contributed by atoms with Crippen molar-refractivity contribution in [1.82, 2.24) is 9.97 Å². The number of rotatable bonds is 3. The van der Waals surface area contributed by atoms with Crippen LogP contribution in [0.4, 0.5) is 5.69 Å². The molecule has 2 rings (SSSR count). The number of nitrogens with zero attached hydrogens (tertiary/aromatic N) is 1. The van der Waals surface area contributed by atoms with Crippen molar-refractivity contribution < 1.29 is 9.47 Å². The zero-order valence-electron chi connectivity index (χ0n) is 9.44. The quantitative estimate of drug-likeness (QED) is 0.644. The summed E-state index contributed by atoms with van der Waals surface area (Å²) in [7, 11) is 1.54. The topological polar surface area (TPSA) is 90.2 Å². The van der Waals surface area contributed by atoms with E-state index in [4.69, 9.17) is 15.2 Å². The van der Waals surface area contributed by atoms with Gasteiger partial charge in [0, 0.05) is 6.07 Å². The van der Waals surface area contributed by atoms with E-state index in [9.17, 15) is 4.79 Å². The number of aromatic nitrogens is 2. The van der Waals surface area contributed by atoms with Crippen LogP contribution in [0.3, 0.4) is 0 Å². The fourth-order valence-corrected chi connectivity index (χ4v) is 1.73. The van der Waals surface area contributed by atoms with E-state index in [1.165, 1.54) is 13.4 Å². The third-order valence-electron chi connectivity index (χ3n) is 2.18. The molecule has 1 aromatic heterocycles. The monoisotopic (exact) mass is 359 g/mol. The molecule has 1 aromatic carbocycles. The zero-order chi connectivity index (χ0) is 13.1. The normalized spacial score (nSPS) is 10.1. The summed E-state index contributed by atoms with van der Waals surface area (Å²) < 4.78 is 10.9. The smallest absolute Gasteiger partial charge is 0.268 e. The Balaban J connectivity index is 2.32. The summed E-state index contributed by atoms with van der Waals surface area (Å²) in [6, 6.07) is 4.98. The molecule has 0 aliphatic rings. The molecule has 0 atom stereocenters. The lowest BCUT2D eigenvalue weighted by atomic mass is 10.3. The maximum atomic E-state index is 11.4. The predicted octanol–water partition coefficient (Wildman–Crippen LogP) is 1.76. The van der Waals surface area contributed by atoms with Crippen LogP contribution in [0.5, 0.6) is 17.4 Å². The second kappa shape index (κ2) is 5.25. The van der Waals surface area contributed by atoms with Crippen molar-refractivity contribution in [1.29, 1.82) is 0 Å². The van der Waals surface area contributed by atoms with Gasteiger partial charge in [-0.05, 0) is 34.7 Å². The number of hydrogen-bond donors (Lipinski definition) is 2. The molecular weight excluding hydrogens is 349 g/mol. The van der Waals surface area contributed by atoms with E-state index in [0.717, 1.165) is 0 Å². The molecule has 0 bridgehead atoms. The van der Waals surface area contributed by atoms with E-state index in [1.54, 1.807) is 18.2 Å². The van der Waals surface area contributed by atoms with Gasteiger partial charge in [-0.2, -0.15) is 0 Å². The zero-order valence-corrected chi connectivity index (χ0v) is 11.6. The van der Waals surface area contributed by atoms with Crippen LogP contribution in [-0.4, -0.2) is 17.1 Å². The van der Waals surface area contributed by atoms with E-state index in [0.29, 0.717) is 20.8 Å². The van der Waals surface area contributed by atoms with Crippen LogP contribution in [0.25, 0.3) is 0 Å². The standard InChI is InChI=1S/C11H10IN3O3/c1-17-8-3-2-6(4-7(8)13)18-11-9(12)10(16)14-5-15-11/h2-5H,13H2,1H3,(H,14,15,16). The summed E-state index contributed by atoms with van der Waals surface area (Å²) in [6.07, 6.45) is 1.28. The molecule has 6 nitrogen and oxygen atoms in total. The van der Waals surface area contributed by atoms with Gasteiger partial charge < -0.3 is 20.2 Å². The number of halogens is 1. The molecule has 0 radical (unpaired) electrons. The number of ether oxygens (including phenoxy) is 2. The first kappa shape index (κ1) is 12.7. The number of anilines is 1.